The molecule has 90 valence electrons. The van der Waals surface area contributed by atoms with E-state index in [1.165, 1.54) is 0 Å². The summed E-state index contributed by atoms with van der Waals surface area (Å²) in [4.78, 5) is 0. The summed E-state index contributed by atoms with van der Waals surface area (Å²) in [6.07, 6.45) is 1.83. The van der Waals surface area contributed by atoms with E-state index in [1.807, 2.05) is 35.1 Å². The highest BCUT2D eigenvalue weighted by Gasteiger charge is 2.11. The number of rotatable bonds is 4. The SMILES string of the molecule is CCn1ncc(CN)c1-c1cccc(OC)c1. The molecular weight excluding hydrogens is 214 g/mol. The quantitative estimate of drug-likeness (QED) is 0.876. The molecule has 0 aliphatic heterocycles. The smallest absolute Gasteiger partial charge is 0.119 e. The van der Waals surface area contributed by atoms with Gasteiger partial charge in [0.25, 0.3) is 0 Å². The third kappa shape index (κ3) is 2.17. The normalized spacial score (nSPS) is 10.5. The van der Waals surface area contributed by atoms with Crippen molar-refractivity contribution in [3.8, 4) is 17.0 Å². The van der Waals surface area contributed by atoms with Crippen LogP contribution in [-0.2, 0) is 13.1 Å². The van der Waals surface area contributed by atoms with Crippen molar-refractivity contribution in [2.24, 2.45) is 5.73 Å². The van der Waals surface area contributed by atoms with Crippen LogP contribution in [0.25, 0.3) is 11.3 Å². The van der Waals surface area contributed by atoms with Crippen molar-refractivity contribution in [3.05, 3.63) is 36.0 Å². The number of aryl methyl sites for hydroxylation is 1. The first kappa shape index (κ1) is 11.7. The van der Waals surface area contributed by atoms with Crippen molar-refractivity contribution >= 4 is 0 Å². The Labute approximate surface area is 101 Å². The van der Waals surface area contributed by atoms with Gasteiger partial charge in [0.1, 0.15) is 5.75 Å². The third-order valence-electron chi connectivity index (χ3n) is 2.78. The van der Waals surface area contributed by atoms with Gasteiger partial charge in [-0.05, 0) is 19.1 Å². The van der Waals surface area contributed by atoms with Crippen molar-refractivity contribution in [2.45, 2.75) is 20.0 Å². The molecule has 0 saturated heterocycles. The fourth-order valence-corrected chi connectivity index (χ4v) is 1.92. The first-order valence-corrected chi connectivity index (χ1v) is 5.69. The fourth-order valence-electron chi connectivity index (χ4n) is 1.92. The molecule has 17 heavy (non-hydrogen) atoms. The van der Waals surface area contributed by atoms with Crippen LogP contribution in [0.2, 0.25) is 0 Å². The Balaban J connectivity index is 2.53. The Morgan fingerprint density at radius 1 is 1.41 bits per heavy atom. The van der Waals surface area contributed by atoms with Gasteiger partial charge < -0.3 is 10.5 Å². The summed E-state index contributed by atoms with van der Waals surface area (Å²) in [6, 6.07) is 7.95. The Hall–Kier alpha value is -1.81. The number of methoxy groups -OCH3 is 1. The van der Waals surface area contributed by atoms with Crippen molar-refractivity contribution < 1.29 is 4.74 Å². The van der Waals surface area contributed by atoms with Crippen LogP contribution in [0.1, 0.15) is 12.5 Å². The maximum absolute atomic E-state index is 5.74. The van der Waals surface area contributed by atoms with Crippen LogP contribution < -0.4 is 10.5 Å². The van der Waals surface area contributed by atoms with Gasteiger partial charge in [-0.1, -0.05) is 12.1 Å². The molecular formula is C13H17N3O. The summed E-state index contributed by atoms with van der Waals surface area (Å²) < 4.78 is 7.19. The second kappa shape index (κ2) is 5.01. The molecule has 0 spiro atoms. The molecule has 4 nitrogen and oxygen atoms in total. The second-order valence-electron chi connectivity index (χ2n) is 3.77. The Bertz CT molecular complexity index is 484. The number of ether oxygens (including phenoxy) is 1. The average molecular weight is 231 g/mol. The highest BCUT2D eigenvalue weighted by atomic mass is 16.5. The molecule has 2 rings (SSSR count). The van der Waals surface area contributed by atoms with E-state index in [2.05, 4.69) is 12.0 Å². The number of hydrogen-bond acceptors (Lipinski definition) is 3. The standard InChI is InChI=1S/C13H17N3O/c1-3-16-13(11(8-14)9-15-16)10-5-4-6-12(7-10)17-2/h4-7,9H,3,8,14H2,1-2H3. The lowest BCUT2D eigenvalue weighted by molar-refractivity contribution is 0.415. The van der Waals surface area contributed by atoms with Gasteiger partial charge in [0.2, 0.25) is 0 Å². The number of benzene rings is 1. The van der Waals surface area contributed by atoms with Crippen molar-refractivity contribution in [2.75, 3.05) is 7.11 Å². The predicted octanol–water partition coefficient (Wildman–Crippen LogP) is 2.04. The van der Waals surface area contributed by atoms with E-state index in [9.17, 15) is 0 Å². The molecule has 1 aromatic heterocycles. The first-order chi connectivity index (χ1) is 8.30. The molecule has 0 radical (unpaired) electrons. The van der Waals surface area contributed by atoms with Gasteiger partial charge in [0.05, 0.1) is 19.0 Å². The van der Waals surface area contributed by atoms with E-state index in [0.29, 0.717) is 6.54 Å². The monoisotopic (exact) mass is 231 g/mol. The lowest BCUT2D eigenvalue weighted by atomic mass is 10.1. The molecule has 0 amide bonds. The van der Waals surface area contributed by atoms with Crippen LogP contribution >= 0.6 is 0 Å². The van der Waals surface area contributed by atoms with Gasteiger partial charge in [-0.2, -0.15) is 5.10 Å². The maximum atomic E-state index is 5.74. The molecule has 1 heterocycles. The minimum atomic E-state index is 0.493. The van der Waals surface area contributed by atoms with E-state index in [1.54, 1.807) is 7.11 Å². The van der Waals surface area contributed by atoms with Crippen LogP contribution in [-0.4, -0.2) is 16.9 Å². The van der Waals surface area contributed by atoms with E-state index in [0.717, 1.165) is 29.1 Å². The maximum Gasteiger partial charge on any atom is 0.119 e. The average Bonchev–Trinajstić information content (AvgIpc) is 2.81. The molecule has 2 N–H and O–H groups in total. The van der Waals surface area contributed by atoms with Crippen LogP contribution in [0.15, 0.2) is 30.5 Å². The van der Waals surface area contributed by atoms with E-state index in [4.69, 9.17) is 10.5 Å². The predicted molar refractivity (Wildman–Crippen MR) is 67.8 cm³/mol. The van der Waals surface area contributed by atoms with Gasteiger partial charge >= 0.3 is 0 Å². The molecule has 0 saturated carbocycles. The zero-order valence-electron chi connectivity index (χ0n) is 10.2. The summed E-state index contributed by atoms with van der Waals surface area (Å²) in [5.74, 6) is 0.842. The van der Waals surface area contributed by atoms with Crippen LogP contribution in [0.4, 0.5) is 0 Å². The number of nitrogens with zero attached hydrogens (tertiary/aromatic N) is 2. The summed E-state index contributed by atoms with van der Waals surface area (Å²) in [5.41, 5.74) is 8.96. The van der Waals surface area contributed by atoms with Gasteiger partial charge in [0.15, 0.2) is 0 Å². The first-order valence-electron chi connectivity index (χ1n) is 5.69. The molecule has 0 aliphatic rings. The fraction of sp³-hybridized carbons (Fsp3) is 0.308. The Kier molecular flexibility index (Phi) is 3.44. The zero-order valence-corrected chi connectivity index (χ0v) is 10.2. The summed E-state index contributed by atoms with van der Waals surface area (Å²) in [6.45, 7) is 3.38. The highest BCUT2D eigenvalue weighted by molar-refractivity contribution is 5.65. The van der Waals surface area contributed by atoms with Gasteiger partial charge in [-0.3, -0.25) is 4.68 Å². The van der Waals surface area contributed by atoms with Crippen LogP contribution in [0, 0.1) is 0 Å². The van der Waals surface area contributed by atoms with Crippen molar-refractivity contribution in [3.63, 3.8) is 0 Å². The minimum absolute atomic E-state index is 0.493. The number of nitrogens with two attached hydrogens (primary N) is 1. The van der Waals surface area contributed by atoms with Crippen molar-refractivity contribution in [1.82, 2.24) is 9.78 Å². The lowest BCUT2D eigenvalue weighted by Gasteiger charge is -2.09. The Morgan fingerprint density at radius 2 is 2.24 bits per heavy atom. The number of hydrogen-bond donors (Lipinski definition) is 1. The minimum Gasteiger partial charge on any atom is -0.497 e. The molecule has 2 aromatic rings. The number of aromatic nitrogens is 2. The molecule has 0 atom stereocenters. The summed E-state index contributed by atoms with van der Waals surface area (Å²) in [5, 5.41) is 4.33. The molecule has 0 unspecified atom stereocenters. The molecule has 0 aliphatic carbocycles. The highest BCUT2D eigenvalue weighted by Crippen LogP contribution is 2.26. The third-order valence-corrected chi connectivity index (χ3v) is 2.78. The molecule has 4 heteroatoms. The van der Waals surface area contributed by atoms with E-state index < -0.39 is 0 Å². The van der Waals surface area contributed by atoms with Gasteiger partial charge in [-0.15, -0.1) is 0 Å². The van der Waals surface area contributed by atoms with Crippen LogP contribution in [0.5, 0.6) is 5.75 Å². The largest absolute Gasteiger partial charge is 0.497 e. The summed E-state index contributed by atoms with van der Waals surface area (Å²) in [7, 11) is 1.67. The Morgan fingerprint density at radius 3 is 2.88 bits per heavy atom. The van der Waals surface area contributed by atoms with E-state index in [-0.39, 0.29) is 0 Å². The molecule has 1 aromatic carbocycles. The van der Waals surface area contributed by atoms with Crippen LogP contribution in [0.3, 0.4) is 0 Å². The van der Waals surface area contributed by atoms with E-state index >= 15 is 0 Å². The lowest BCUT2D eigenvalue weighted by Crippen LogP contribution is -2.02. The summed E-state index contributed by atoms with van der Waals surface area (Å²) >= 11 is 0. The molecule has 0 bridgehead atoms. The second-order valence-corrected chi connectivity index (χ2v) is 3.77. The molecule has 0 fully saturated rings. The van der Waals surface area contributed by atoms with Gasteiger partial charge in [-0.25, -0.2) is 0 Å². The topological polar surface area (TPSA) is 53.1 Å². The van der Waals surface area contributed by atoms with Gasteiger partial charge in [0, 0.05) is 24.2 Å². The van der Waals surface area contributed by atoms with Crippen molar-refractivity contribution in [1.29, 1.82) is 0 Å². The zero-order chi connectivity index (χ0) is 12.3.